The molecule has 0 aromatic heterocycles. The highest BCUT2D eigenvalue weighted by atomic mass is 14.8. The van der Waals surface area contributed by atoms with Gasteiger partial charge >= 0.3 is 0 Å². The molecule has 0 fully saturated rings. The fourth-order valence-corrected chi connectivity index (χ4v) is 1.46. The van der Waals surface area contributed by atoms with Crippen molar-refractivity contribution in [3.05, 3.63) is 36.4 Å². The van der Waals surface area contributed by atoms with Gasteiger partial charge in [-0.1, -0.05) is 6.08 Å². The molecule has 0 bridgehead atoms. The molecule has 2 heteroatoms. The molecule has 0 saturated carbocycles. The van der Waals surface area contributed by atoms with E-state index in [-0.39, 0.29) is 0 Å². The summed E-state index contributed by atoms with van der Waals surface area (Å²) in [6, 6.07) is 6.35. The van der Waals surface area contributed by atoms with Crippen molar-refractivity contribution in [1.82, 2.24) is 0 Å². The number of hydrogen-bond donors (Lipinski definition) is 2. The molecule has 0 aliphatic carbocycles. The molecule has 2 N–H and O–H groups in total. The van der Waals surface area contributed by atoms with Crippen LogP contribution in [0, 0.1) is 0 Å². The first kappa shape index (κ1) is 10.6. The van der Waals surface area contributed by atoms with Crippen LogP contribution < -0.4 is 10.6 Å². The summed E-state index contributed by atoms with van der Waals surface area (Å²) in [6.45, 7) is 3.74. The van der Waals surface area contributed by atoms with Crippen molar-refractivity contribution in [3.63, 3.8) is 0 Å². The van der Waals surface area contributed by atoms with Gasteiger partial charge in [0, 0.05) is 25.5 Å². The highest BCUT2D eigenvalue weighted by Gasteiger charge is 2.00. The Balaban J connectivity index is 2.89. The van der Waals surface area contributed by atoms with Crippen LogP contribution in [-0.2, 0) is 6.42 Å². The number of benzene rings is 1. The molecule has 1 rings (SSSR count). The van der Waals surface area contributed by atoms with Gasteiger partial charge in [0.15, 0.2) is 0 Å². The average Bonchev–Trinajstić information content (AvgIpc) is 2.25. The predicted molar refractivity (Wildman–Crippen MR) is 64.1 cm³/mol. The van der Waals surface area contributed by atoms with Crippen molar-refractivity contribution in [3.8, 4) is 0 Å². The van der Waals surface area contributed by atoms with Crippen LogP contribution in [0.25, 0.3) is 0 Å². The Morgan fingerprint density at radius 2 is 2.07 bits per heavy atom. The van der Waals surface area contributed by atoms with E-state index in [1.165, 1.54) is 11.3 Å². The lowest BCUT2D eigenvalue weighted by Crippen LogP contribution is -1.97. The zero-order valence-electron chi connectivity index (χ0n) is 8.93. The van der Waals surface area contributed by atoms with E-state index >= 15 is 0 Å². The quantitative estimate of drug-likeness (QED) is 0.698. The van der Waals surface area contributed by atoms with Crippen molar-refractivity contribution >= 4 is 11.4 Å². The van der Waals surface area contributed by atoms with Crippen molar-refractivity contribution in [2.24, 2.45) is 0 Å². The summed E-state index contributed by atoms with van der Waals surface area (Å²) in [5.74, 6) is 0. The van der Waals surface area contributed by atoms with E-state index in [0.29, 0.717) is 0 Å². The number of allylic oxidation sites excluding steroid dienone is 1. The van der Waals surface area contributed by atoms with Crippen LogP contribution in [0.3, 0.4) is 0 Å². The minimum Gasteiger partial charge on any atom is -0.388 e. The van der Waals surface area contributed by atoms with E-state index in [4.69, 9.17) is 0 Å². The molecule has 1 aromatic carbocycles. The molecule has 0 amide bonds. The maximum absolute atomic E-state index is 3.74. The van der Waals surface area contributed by atoms with Gasteiger partial charge in [0.25, 0.3) is 0 Å². The van der Waals surface area contributed by atoms with E-state index in [0.717, 1.165) is 18.5 Å². The molecule has 76 valence electrons. The molecule has 0 unspecified atom stereocenters. The van der Waals surface area contributed by atoms with Gasteiger partial charge in [-0.05, 0) is 36.6 Å². The Bertz CT molecular complexity index is 305. The van der Waals surface area contributed by atoms with Crippen LogP contribution in [0.15, 0.2) is 30.9 Å². The monoisotopic (exact) mass is 190 g/mol. The number of anilines is 2. The molecular weight excluding hydrogens is 172 g/mol. The zero-order chi connectivity index (χ0) is 10.4. The summed E-state index contributed by atoms with van der Waals surface area (Å²) in [7, 11) is 3.89. The van der Waals surface area contributed by atoms with Gasteiger partial charge in [0.05, 0.1) is 0 Å². The predicted octanol–water partition coefficient (Wildman–Crippen LogP) is 2.89. The number of aryl methyl sites for hydroxylation is 1. The first-order valence-corrected chi connectivity index (χ1v) is 4.91. The van der Waals surface area contributed by atoms with Gasteiger partial charge < -0.3 is 10.6 Å². The van der Waals surface area contributed by atoms with E-state index < -0.39 is 0 Å². The fraction of sp³-hybridized carbons (Fsp3) is 0.333. The Morgan fingerprint density at radius 1 is 1.29 bits per heavy atom. The van der Waals surface area contributed by atoms with Crippen molar-refractivity contribution in [1.29, 1.82) is 0 Å². The van der Waals surface area contributed by atoms with Gasteiger partial charge in [-0.3, -0.25) is 0 Å². The number of hydrogen-bond acceptors (Lipinski definition) is 2. The van der Waals surface area contributed by atoms with Crippen LogP contribution in [0.4, 0.5) is 11.4 Å². The van der Waals surface area contributed by atoms with E-state index in [9.17, 15) is 0 Å². The standard InChI is InChI=1S/C12H18N2/c1-4-5-6-10-9-11(13-2)7-8-12(10)14-3/h4,7-9,13-14H,1,5-6H2,2-3H3. The molecule has 2 nitrogen and oxygen atoms in total. The summed E-state index contributed by atoms with van der Waals surface area (Å²) in [5, 5.41) is 6.34. The highest BCUT2D eigenvalue weighted by molar-refractivity contribution is 5.59. The summed E-state index contributed by atoms with van der Waals surface area (Å²) in [6.07, 6.45) is 4.00. The summed E-state index contributed by atoms with van der Waals surface area (Å²) in [5.41, 5.74) is 3.69. The third-order valence-corrected chi connectivity index (χ3v) is 2.28. The minimum absolute atomic E-state index is 1.02. The van der Waals surface area contributed by atoms with Crippen LogP contribution >= 0.6 is 0 Å². The summed E-state index contributed by atoms with van der Waals surface area (Å²) in [4.78, 5) is 0. The normalized spacial score (nSPS) is 9.57. The largest absolute Gasteiger partial charge is 0.388 e. The first-order valence-electron chi connectivity index (χ1n) is 4.91. The smallest absolute Gasteiger partial charge is 0.0371 e. The molecule has 0 atom stereocenters. The van der Waals surface area contributed by atoms with Crippen molar-refractivity contribution in [2.45, 2.75) is 12.8 Å². The van der Waals surface area contributed by atoms with Crippen LogP contribution in [0.1, 0.15) is 12.0 Å². The van der Waals surface area contributed by atoms with E-state index in [1.807, 2.05) is 20.2 Å². The third-order valence-electron chi connectivity index (χ3n) is 2.28. The first-order chi connectivity index (χ1) is 6.81. The Kier molecular flexibility index (Phi) is 4.05. The molecule has 0 aliphatic heterocycles. The van der Waals surface area contributed by atoms with Crippen molar-refractivity contribution in [2.75, 3.05) is 24.7 Å². The highest BCUT2D eigenvalue weighted by Crippen LogP contribution is 2.21. The lowest BCUT2D eigenvalue weighted by atomic mass is 10.1. The number of rotatable bonds is 5. The second kappa shape index (κ2) is 5.32. The van der Waals surface area contributed by atoms with Gasteiger partial charge in [-0.25, -0.2) is 0 Å². The van der Waals surface area contributed by atoms with Crippen LogP contribution in [0.2, 0.25) is 0 Å². The second-order valence-corrected chi connectivity index (χ2v) is 3.20. The third kappa shape index (κ3) is 2.52. The molecule has 0 aliphatic rings. The lowest BCUT2D eigenvalue weighted by molar-refractivity contribution is 1.00. The zero-order valence-corrected chi connectivity index (χ0v) is 8.93. The molecule has 1 aromatic rings. The average molecular weight is 190 g/mol. The van der Waals surface area contributed by atoms with Crippen molar-refractivity contribution < 1.29 is 0 Å². The van der Waals surface area contributed by atoms with E-state index in [1.54, 1.807) is 0 Å². The SMILES string of the molecule is C=CCCc1cc(NC)ccc1NC. The Hall–Kier alpha value is -1.44. The van der Waals surface area contributed by atoms with E-state index in [2.05, 4.69) is 35.4 Å². The number of nitrogens with one attached hydrogen (secondary N) is 2. The summed E-state index contributed by atoms with van der Waals surface area (Å²) < 4.78 is 0. The van der Waals surface area contributed by atoms with Gasteiger partial charge in [0.1, 0.15) is 0 Å². The maximum atomic E-state index is 3.74. The second-order valence-electron chi connectivity index (χ2n) is 3.20. The van der Waals surface area contributed by atoms with Gasteiger partial charge in [-0.2, -0.15) is 0 Å². The lowest BCUT2D eigenvalue weighted by Gasteiger charge is -2.10. The topological polar surface area (TPSA) is 24.1 Å². The maximum Gasteiger partial charge on any atom is 0.0371 e. The molecule has 14 heavy (non-hydrogen) atoms. The summed E-state index contributed by atoms with van der Waals surface area (Å²) >= 11 is 0. The van der Waals surface area contributed by atoms with Crippen LogP contribution in [0.5, 0.6) is 0 Å². The fourth-order valence-electron chi connectivity index (χ4n) is 1.46. The van der Waals surface area contributed by atoms with Gasteiger partial charge in [-0.15, -0.1) is 6.58 Å². The minimum atomic E-state index is 1.02. The molecule has 0 radical (unpaired) electrons. The molecule has 0 heterocycles. The van der Waals surface area contributed by atoms with Crippen LogP contribution in [-0.4, -0.2) is 14.1 Å². The Morgan fingerprint density at radius 3 is 2.64 bits per heavy atom. The molecule has 0 spiro atoms. The molecule has 0 saturated heterocycles. The van der Waals surface area contributed by atoms with Gasteiger partial charge in [0.2, 0.25) is 0 Å². The Labute approximate surface area is 86.0 Å². The molecular formula is C12H18N2.